The second-order valence-electron chi connectivity index (χ2n) is 18.1. The first-order valence-electron chi connectivity index (χ1n) is 22.4. The number of methoxy groups -OCH3 is 2. The van der Waals surface area contributed by atoms with Crippen molar-refractivity contribution in [3.63, 3.8) is 0 Å². The second-order valence-corrected chi connectivity index (χ2v) is 18.1. The van der Waals surface area contributed by atoms with Gasteiger partial charge in [-0.25, -0.2) is 19.6 Å². The summed E-state index contributed by atoms with van der Waals surface area (Å²) in [5, 5.41) is 5.40. The van der Waals surface area contributed by atoms with E-state index in [1.54, 1.807) is 59.6 Å². The van der Waals surface area contributed by atoms with Gasteiger partial charge in [0.2, 0.25) is 5.91 Å². The number of carbonyl (C=O) groups excluding carboxylic acids is 4. The van der Waals surface area contributed by atoms with Crippen molar-refractivity contribution in [2.24, 2.45) is 11.8 Å². The molecule has 4 N–H and O–H groups in total. The first-order valence-corrected chi connectivity index (χ1v) is 22.4. The van der Waals surface area contributed by atoms with Crippen molar-refractivity contribution in [1.29, 1.82) is 0 Å². The van der Waals surface area contributed by atoms with Gasteiger partial charge in [0.05, 0.1) is 49.2 Å². The highest BCUT2D eigenvalue weighted by Gasteiger charge is 2.52. The number of H-pyrrole nitrogens is 2. The van der Waals surface area contributed by atoms with E-state index in [1.165, 1.54) is 20.3 Å². The lowest BCUT2D eigenvalue weighted by Crippen LogP contribution is -2.54. The van der Waals surface area contributed by atoms with E-state index in [0.29, 0.717) is 70.1 Å². The summed E-state index contributed by atoms with van der Waals surface area (Å²) in [5.41, 5.74) is 5.16. The molecule has 67 heavy (non-hydrogen) atoms. The van der Waals surface area contributed by atoms with Crippen molar-refractivity contribution < 1.29 is 37.4 Å². The third kappa shape index (κ3) is 7.85. The van der Waals surface area contributed by atoms with Gasteiger partial charge in [-0.1, -0.05) is 81.9 Å². The average Bonchev–Trinajstić information content (AvgIpc) is 4.21. The predicted molar refractivity (Wildman–Crippen MR) is 248 cm³/mol. The van der Waals surface area contributed by atoms with E-state index in [9.17, 15) is 19.2 Å². The van der Waals surface area contributed by atoms with Crippen LogP contribution in [0, 0.1) is 11.8 Å². The lowest BCUT2D eigenvalue weighted by atomic mass is 9.95. The third-order valence-electron chi connectivity index (χ3n) is 13.9. The molecule has 10 rings (SSSR count). The van der Waals surface area contributed by atoms with Gasteiger partial charge in [0.15, 0.2) is 0 Å². The second kappa shape index (κ2) is 17.6. The van der Waals surface area contributed by atoms with Crippen LogP contribution in [0.3, 0.4) is 0 Å². The highest BCUT2D eigenvalue weighted by molar-refractivity contribution is 5.89. The number of hydrogen-bond donors (Lipinski definition) is 4. The first kappa shape index (κ1) is 45.1. The maximum absolute atomic E-state index is 16.7. The molecule has 2 saturated heterocycles. The summed E-state index contributed by atoms with van der Waals surface area (Å²) in [6.45, 7) is 4.23. The molecule has 3 fully saturated rings. The lowest BCUT2D eigenvalue weighted by molar-refractivity contribution is -0.139. The zero-order valence-corrected chi connectivity index (χ0v) is 36.9. The van der Waals surface area contributed by atoms with E-state index in [4.69, 9.17) is 14.5 Å². The molecule has 0 radical (unpaired) electrons. The number of alkyl carbamates (subject to hydrolysis) is 2. The molecular formula is C51H54F2N8O6. The summed E-state index contributed by atoms with van der Waals surface area (Å²) in [6, 6.07) is 22.4. The van der Waals surface area contributed by atoms with Crippen LogP contribution < -0.4 is 10.6 Å². The quantitative estimate of drug-likeness (QED) is 0.105. The zero-order chi connectivity index (χ0) is 46.0. The molecular weight excluding hydrogens is 859 g/mol. The van der Waals surface area contributed by atoms with Crippen molar-refractivity contribution in [3.05, 3.63) is 119 Å². The Kier molecular flexibility index (Phi) is 11.8. The summed E-state index contributed by atoms with van der Waals surface area (Å²) in [5.74, 6) is -2.53. The van der Waals surface area contributed by atoms with Crippen LogP contribution in [0.2, 0.25) is 0 Å². The monoisotopic (exact) mass is 912 g/mol. The van der Waals surface area contributed by atoms with Crippen molar-refractivity contribution in [2.45, 2.75) is 89.5 Å². The number of nitrogens with one attached hydrogen (secondary N) is 4. The molecule has 6 atom stereocenters. The Bertz CT molecular complexity index is 2880. The van der Waals surface area contributed by atoms with Crippen LogP contribution in [0.4, 0.5) is 18.4 Å². The fourth-order valence-corrected chi connectivity index (χ4v) is 10.7. The number of amides is 4. The van der Waals surface area contributed by atoms with Gasteiger partial charge < -0.3 is 39.9 Å². The van der Waals surface area contributed by atoms with Gasteiger partial charge >= 0.3 is 12.2 Å². The molecule has 4 heterocycles. The van der Waals surface area contributed by atoms with Gasteiger partial charge in [-0.05, 0) is 96.0 Å². The minimum Gasteiger partial charge on any atom is -0.453 e. The fraction of sp³-hybridized carbons (Fsp3) is 0.373. The molecule has 2 aromatic heterocycles. The molecule has 2 aliphatic heterocycles. The molecule has 1 saturated carbocycles. The number of halogens is 2. The Morgan fingerprint density at radius 3 is 2.18 bits per heavy atom. The number of ether oxygens (including phenoxy) is 2. The van der Waals surface area contributed by atoms with Crippen LogP contribution in [-0.2, 0) is 25.0 Å². The normalized spacial score (nSPS) is 20.8. The van der Waals surface area contributed by atoms with E-state index >= 15 is 8.78 Å². The number of likely N-dealkylation sites (tertiary alicyclic amines) is 2. The van der Waals surface area contributed by atoms with E-state index < -0.39 is 36.2 Å². The summed E-state index contributed by atoms with van der Waals surface area (Å²) >= 11 is 0. The number of fused-ring (bicyclic) bond motifs is 6. The molecule has 14 nitrogen and oxygen atoms in total. The molecule has 2 aliphatic carbocycles. The maximum atomic E-state index is 16.7. The van der Waals surface area contributed by atoms with Crippen molar-refractivity contribution >= 4 is 35.0 Å². The van der Waals surface area contributed by atoms with Crippen molar-refractivity contribution in [2.75, 3.05) is 20.8 Å². The molecule has 4 aromatic carbocycles. The molecule has 16 heteroatoms. The number of carbonyl (C=O) groups is 4. The number of nitrogens with zero attached hydrogens (tertiary/aromatic N) is 4. The van der Waals surface area contributed by atoms with E-state index in [0.717, 1.165) is 30.3 Å². The van der Waals surface area contributed by atoms with Crippen LogP contribution in [-0.4, -0.2) is 86.6 Å². The Labute approximate surface area is 386 Å². The first-order chi connectivity index (χ1) is 31.8. The number of aromatic nitrogens is 4. The summed E-state index contributed by atoms with van der Waals surface area (Å²) in [7, 11) is 2.52. The molecule has 348 valence electrons. The molecule has 0 spiro atoms. The van der Waals surface area contributed by atoms with E-state index in [2.05, 4.69) is 25.6 Å². The van der Waals surface area contributed by atoms with Gasteiger partial charge in [-0.15, -0.1) is 0 Å². The minimum absolute atomic E-state index is 0. The molecule has 6 aromatic rings. The highest BCUT2D eigenvalue weighted by Crippen LogP contribution is 2.53. The van der Waals surface area contributed by atoms with Crippen LogP contribution in [0.25, 0.3) is 44.5 Å². The SMILES string of the molecule is C.COC(=O)N[C@H](C(=O)N1CCC[C@H]1c1ncc(-c2ccc3c(c2)C(F)(F)c2cc(-c4ccc5nc([C@@H]6[C@H]7CC[C@H](C7)N6C(=O)[C@@H](NC(=O)OC)C(C)C)[nH]c5c4)ccc2-3)[nH]1)c1ccccc1. The van der Waals surface area contributed by atoms with Gasteiger partial charge in [-0.3, -0.25) is 9.59 Å². The average molecular weight is 913 g/mol. The third-order valence-corrected chi connectivity index (χ3v) is 13.9. The van der Waals surface area contributed by atoms with Crippen LogP contribution in [0.5, 0.6) is 0 Å². The Morgan fingerprint density at radius 1 is 0.791 bits per heavy atom. The summed E-state index contributed by atoms with van der Waals surface area (Å²) < 4.78 is 43.0. The topological polar surface area (TPSA) is 175 Å². The molecule has 0 unspecified atom stereocenters. The number of alkyl halides is 2. The van der Waals surface area contributed by atoms with Crippen molar-refractivity contribution in [3.8, 4) is 33.5 Å². The Balaban J connectivity index is 0.00000562. The highest BCUT2D eigenvalue weighted by atomic mass is 19.3. The van der Waals surface area contributed by atoms with Gasteiger partial charge in [0, 0.05) is 29.3 Å². The van der Waals surface area contributed by atoms with Gasteiger partial charge in [0.25, 0.3) is 11.8 Å². The van der Waals surface area contributed by atoms with Crippen LogP contribution in [0.15, 0.2) is 91.1 Å². The standard InChI is InChI=1S/C50H50F2N8O6.CH4/c1-26(2)41(57-48(63)65-3)47(62)60-32-16-12-31(21-32)43(60)45-54-37-19-15-29(24-38(37)55-45)28-13-17-33-34-18-14-30(23-36(34)50(51,52)35(33)22-28)39-25-53-44(56-39)40-11-8-20-59(40)46(61)42(58-49(64)66-4)27-9-6-5-7-10-27;/h5-7,9-10,13-15,17-19,22-26,31-32,40-43H,8,11-12,16,20-21H2,1-4H3,(H,53,56)(H,54,55)(H,57,63)(H,58,64);1H4/t31-,32+,40-,41-,42-,43-;/m0./s1. The minimum atomic E-state index is -3.30. The summed E-state index contributed by atoms with van der Waals surface area (Å²) in [6.07, 6.45) is 4.27. The fourth-order valence-electron chi connectivity index (χ4n) is 10.7. The Hall–Kier alpha value is -7.10. The Morgan fingerprint density at radius 2 is 1.46 bits per heavy atom. The predicted octanol–water partition coefficient (Wildman–Crippen LogP) is 9.57. The molecule has 4 aliphatic rings. The maximum Gasteiger partial charge on any atom is 0.407 e. The van der Waals surface area contributed by atoms with Crippen LogP contribution >= 0.6 is 0 Å². The van der Waals surface area contributed by atoms with Gasteiger partial charge in [-0.2, -0.15) is 8.78 Å². The number of benzene rings is 4. The number of hydrogen-bond acceptors (Lipinski definition) is 8. The number of aromatic amines is 2. The zero-order valence-electron chi connectivity index (χ0n) is 36.9. The van der Waals surface area contributed by atoms with E-state index in [-0.39, 0.29) is 54.3 Å². The van der Waals surface area contributed by atoms with Crippen molar-refractivity contribution in [1.82, 2.24) is 40.4 Å². The smallest absolute Gasteiger partial charge is 0.407 e. The largest absolute Gasteiger partial charge is 0.453 e. The number of imidazole rings is 2. The van der Waals surface area contributed by atoms with E-state index in [1.807, 2.05) is 49.1 Å². The molecule has 4 amide bonds. The number of piperidine rings is 1. The summed E-state index contributed by atoms with van der Waals surface area (Å²) in [4.78, 5) is 72.5. The van der Waals surface area contributed by atoms with Gasteiger partial charge in [0.1, 0.15) is 23.7 Å². The molecule has 2 bridgehead atoms. The number of rotatable bonds is 10. The lowest BCUT2D eigenvalue weighted by Gasteiger charge is -2.37. The van der Waals surface area contributed by atoms with Crippen LogP contribution in [0.1, 0.15) is 99.8 Å².